The van der Waals surface area contributed by atoms with E-state index < -0.39 is 17.3 Å². The van der Waals surface area contributed by atoms with Crippen LogP contribution < -0.4 is 5.56 Å². The van der Waals surface area contributed by atoms with Crippen LogP contribution >= 0.6 is 0 Å². The van der Waals surface area contributed by atoms with Crippen molar-refractivity contribution in [2.24, 2.45) is 7.05 Å². The summed E-state index contributed by atoms with van der Waals surface area (Å²) in [6.07, 6.45) is 0. The van der Waals surface area contributed by atoms with Gasteiger partial charge in [-0.3, -0.25) is 4.79 Å². The summed E-state index contributed by atoms with van der Waals surface area (Å²) in [6.45, 7) is 3.26. The number of aryl methyl sites for hydroxylation is 2. The zero-order valence-corrected chi connectivity index (χ0v) is 8.77. The van der Waals surface area contributed by atoms with E-state index in [-0.39, 0.29) is 17.9 Å². The van der Waals surface area contributed by atoms with Crippen molar-refractivity contribution in [3.05, 3.63) is 21.6 Å². The molecule has 0 unspecified atom stereocenters. The Balaban J connectivity index is 3.39. The van der Waals surface area contributed by atoms with Crippen molar-refractivity contribution in [1.82, 2.24) is 9.78 Å². The molecule has 1 heterocycles. The summed E-state index contributed by atoms with van der Waals surface area (Å²) in [5.41, 5.74) is -0.830. The molecule has 0 aliphatic heterocycles. The van der Waals surface area contributed by atoms with Gasteiger partial charge in [-0.15, -0.1) is 0 Å². The molecule has 6 heteroatoms. The van der Waals surface area contributed by atoms with E-state index in [1.54, 1.807) is 6.92 Å². The van der Waals surface area contributed by atoms with E-state index in [0.717, 1.165) is 4.68 Å². The van der Waals surface area contributed by atoms with Gasteiger partial charge in [0.15, 0.2) is 11.3 Å². The number of rotatable bonds is 2. The molecule has 82 valence electrons. The van der Waals surface area contributed by atoms with Gasteiger partial charge in [-0.2, -0.15) is 5.10 Å². The average molecular weight is 212 g/mol. The van der Waals surface area contributed by atoms with Gasteiger partial charge < -0.3 is 9.84 Å². The van der Waals surface area contributed by atoms with E-state index in [1.165, 1.54) is 14.0 Å². The lowest BCUT2D eigenvalue weighted by atomic mass is 10.2. The molecule has 0 spiro atoms. The Hall–Kier alpha value is -1.85. The highest BCUT2D eigenvalue weighted by molar-refractivity contribution is 5.92. The van der Waals surface area contributed by atoms with Gasteiger partial charge in [0, 0.05) is 7.05 Å². The minimum atomic E-state index is -0.832. The summed E-state index contributed by atoms with van der Waals surface area (Å²) in [5.74, 6) is -1.25. The summed E-state index contributed by atoms with van der Waals surface area (Å²) in [4.78, 5) is 22.9. The monoisotopic (exact) mass is 212 g/mol. The molecule has 0 aliphatic carbocycles. The average Bonchev–Trinajstić information content (AvgIpc) is 2.16. The quantitative estimate of drug-likeness (QED) is 0.696. The first-order valence-electron chi connectivity index (χ1n) is 4.43. The van der Waals surface area contributed by atoms with Gasteiger partial charge in [0.25, 0.3) is 5.56 Å². The predicted molar refractivity (Wildman–Crippen MR) is 51.8 cm³/mol. The summed E-state index contributed by atoms with van der Waals surface area (Å²) in [6, 6.07) is 0. The van der Waals surface area contributed by atoms with E-state index in [9.17, 15) is 14.7 Å². The molecule has 15 heavy (non-hydrogen) atoms. The maximum absolute atomic E-state index is 11.5. The number of hydrogen-bond acceptors (Lipinski definition) is 5. The van der Waals surface area contributed by atoms with Gasteiger partial charge in [-0.25, -0.2) is 9.48 Å². The van der Waals surface area contributed by atoms with Gasteiger partial charge in [-0.05, 0) is 13.8 Å². The zero-order chi connectivity index (χ0) is 11.6. The van der Waals surface area contributed by atoms with Crippen LogP contribution in [0.1, 0.15) is 23.0 Å². The molecule has 1 N–H and O–H groups in total. The van der Waals surface area contributed by atoms with E-state index in [2.05, 4.69) is 9.84 Å². The molecule has 1 rings (SSSR count). The molecule has 0 aliphatic rings. The highest BCUT2D eigenvalue weighted by Gasteiger charge is 2.21. The van der Waals surface area contributed by atoms with Crippen LogP contribution in [0.3, 0.4) is 0 Å². The lowest BCUT2D eigenvalue weighted by Crippen LogP contribution is -2.28. The highest BCUT2D eigenvalue weighted by Crippen LogP contribution is 2.16. The Morgan fingerprint density at radius 1 is 1.60 bits per heavy atom. The Morgan fingerprint density at radius 2 is 2.20 bits per heavy atom. The minimum Gasteiger partial charge on any atom is -0.505 e. The third-order valence-electron chi connectivity index (χ3n) is 1.87. The lowest BCUT2D eigenvalue weighted by molar-refractivity contribution is 0.0519. The van der Waals surface area contributed by atoms with Gasteiger partial charge >= 0.3 is 5.97 Å². The van der Waals surface area contributed by atoms with Crippen LogP contribution in [-0.2, 0) is 11.8 Å². The SMILES string of the molecule is CCOC(=O)c1c(O)c(C)nn(C)c1=O. The molecule has 0 bridgehead atoms. The molecule has 0 amide bonds. The molecule has 0 saturated heterocycles. The first-order valence-corrected chi connectivity index (χ1v) is 4.43. The van der Waals surface area contributed by atoms with Crippen molar-refractivity contribution in [2.45, 2.75) is 13.8 Å². The van der Waals surface area contributed by atoms with Crippen molar-refractivity contribution < 1.29 is 14.6 Å². The Kier molecular flexibility index (Phi) is 3.08. The number of carbonyl (C=O) groups is 1. The molecule has 0 saturated carbocycles. The van der Waals surface area contributed by atoms with Crippen LogP contribution in [0.4, 0.5) is 0 Å². The number of esters is 1. The Labute approximate surface area is 86.1 Å². The van der Waals surface area contributed by atoms with Gasteiger partial charge in [0.2, 0.25) is 0 Å². The second-order valence-electron chi connectivity index (χ2n) is 2.96. The van der Waals surface area contributed by atoms with Crippen LogP contribution in [0.5, 0.6) is 5.75 Å². The van der Waals surface area contributed by atoms with E-state index in [4.69, 9.17) is 0 Å². The smallest absolute Gasteiger partial charge is 0.347 e. The second-order valence-corrected chi connectivity index (χ2v) is 2.96. The first-order chi connectivity index (χ1) is 6.99. The fraction of sp³-hybridized carbons (Fsp3) is 0.444. The Morgan fingerprint density at radius 3 is 2.73 bits per heavy atom. The van der Waals surface area contributed by atoms with Crippen LogP contribution in [0.15, 0.2) is 4.79 Å². The largest absolute Gasteiger partial charge is 0.505 e. The standard InChI is InChI=1S/C9H12N2O4/c1-4-15-9(14)6-7(12)5(2)10-11(3)8(6)13/h12H,4H2,1-3H3. The molecular formula is C9H12N2O4. The molecule has 0 aromatic carbocycles. The fourth-order valence-corrected chi connectivity index (χ4v) is 1.15. The molecular weight excluding hydrogens is 200 g/mol. The van der Waals surface area contributed by atoms with Crippen LogP contribution in [0.25, 0.3) is 0 Å². The van der Waals surface area contributed by atoms with Gasteiger partial charge in [-0.1, -0.05) is 0 Å². The summed E-state index contributed by atoms with van der Waals surface area (Å²) < 4.78 is 5.65. The van der Waals surface area contributed by atoms with Crippen molar-refractivity contribution in [3.63, 3.8) is 0 Å². The molecule has 0 fully saturated rings. The number of aromatic hydroxyl groups is 1. The van der Waals surface area contributed by atoms with E-state index in [0.29, 0.717) is 0 Å². The van der Waals surface area contributed by atoms with Crippen molar-refractivity contribution in [2.75, 3.05) is 6.61 Å². The number of nitrogens with zero attached hydrogens (tertiary/aromatic N) is 2. The topological polar surface area (TPSA) is 81.4 Å². The maximum Gasteiger partial charge on any atom is 0.347 e. The van der Waals surface area contributed by atoms with Crippen molar-refractivity contribution >= 4 is 5.97 Å². The summed E-state index contributed by atoms with van der Waals surface area (Å²) in [7, 11) is 1.40. The first kappa shape index (κ1) is 11.2. The fourth-order valence-electron chi connectivity index (χ4n) is 1.15. The molecule has 0 radical (unpaired) electrons. The second kappa shape index (κ2) is 4.12. The highest BCUT2D eigenvalue weighted by atomic mass is 16.5. The zero-order valence-electron chi connectivity index (χ0n) is 8.77. The van der Waals surface area contributed by atoms with E-state index >= 15 is 0 Å². The third kappa shape index (κ3) is 1.98. The molecule has 0 atom stereocenters. The molecule has 1 aromatic heterocycles. The minimum absolute atomic E-state index is 0.142. The third-order valence-corrected chi connectivity index (χ3v) is 1.87. The van der Waals surface area contributed by atoms with Gasteiger partial charge in [0.05, 0.1) is 6.61 Å². The summed E-state index contributed by atoms with van der Waals surface area (Å²) >= 11 is 0. The van der Waals surface area contributed by atoms with E-state index in [1.807, 2.05) is 0 Å². The predicted octanol–water partition coefficient (Wildman–Crippen LogP) is -0.0290. The van der Waals surface area contributed by atoms with Gasteiger partial charge in [0.1, 0.15) is 5.69 Å². The lowest BCUT2D eigenvalue weighted by Gasteiger charge is -2.07. The number of carbonyl (C=O) groups excluding carboxylic acids is 1. The van der Waals surface area contributed by atoms with Crippen LogP contribution in [0, 0.1) is 6.92 Å². The number of ether oxygens (including phenoxy) is 1. The van der Waals surface area contributed by atoms with Crippen LogP contribution in [0.2, 0.25) is 0 Å². The van der Waals surface area contributed by atoms with Crippen molar-refractivity contribution in [3.8, 4) is 5.75 Å². The molecule has 1 aromatic rings. The summed E-state index contributed by atoms with van der Waals surface area (Å²) in [5, 5.41) is 13.2. The number of hydrogen-bond donors (Lipinski definition) is 1. The normalized spacial score (nSPS) is 10.1. The van der Waals surface area contributed by atoms with Crippen LogP contribution in [-0.4, -0.2) is 27.5 Å². The number of aromatic nitrogens is 2. The molecule has 6 nitrogen and oxygen atoms in total. The maximum atomic E-state index is 11.5. The Bertz CT molecular complexity index is 450. The van der Waals surface area contributed by atoms with Crippen molar-refractivity contribution in [1.29, 1.82) is 0 Å².